The number of rotatable bonds is 4. The van der Waals surface area contributed by atoms with Crippen LogP contribution in [0.15, 0.2) is 6.20 Å². The van der Waals surface area contributed by atoms with Crippen molar-refractivity contribution in [2.45, 2.75) is 38.1 Å². The van der Waals surface area contributed by atoms with E-state index >= 15 is 0 Å². The predicted octanol–water partition coefficient (Wildman–Crippen LogP) is 2.46. The van der Waals surface area contributed by atoms with Crippen LogP contribution in [0.25, 0.3) is 0 Å². The standard InChI is InChI=1S/C13H21ClN4O/c1-9-3-5-13(8-15,6-4-9)18-11-10(14)7-16-12(17-11)19-2/h7,9H,3-6,8,15H2,1-2H3,(H,16,17,18). The van der Waals surface area contributed by atoms with Crippen molar-refractivity contribution in [3.63, 3.8) is 0 Å². The lowest BCUT2D eigenvalue weighted by atomic mass is 9.77. The first-order chi connectivity index (χ1) is 9.08. The van der Waals surface area contributed by atoms with Gasteiger partial charge in [0.15, 0.2) is 5.82 Å². The van der Waals surface area contributed by atoms with Gasteiger partial charge in [-0.25, -0.2) is 4.98 Å². The number of nitrogens with zero attached hydrogens (tertiary/aromatic N) is 2. The van der Waals surface area contributed by atoms with E-state index in [-0.39, 0.29) is 5.54 Å². The van der Waals surface area contributed by atoms with Crippen LogP contribution in [-0.4, -0.2) is 29.2 Å². The highest BCUT2D eigenvalue weighted by Crippen LogP contribution is 2.35. The molecule has 19 heavy (non-hydrogen) atoms. The molecular weight excluding hydrogens is 264 g/mol. The number of nitrogens with one attached hydrogen (secondary N) is 1. The van der Waals surface area contributed by atoms with Crippen LogP contribution < -0.4 is 15.8 Å². The Bertz CT molecular complexity index is 433. The van der Waals surface area contributed by atoms with Crippen molar-refractivity contribution in [3.05, 3.63) is 11.2 Å². The number of aromatic nitrogens is 2. The van der Waals surface area contributed by atoms with Crippen LogP contribution >= 0.6 is 11.6 Å². The molecule has 1 aromatic heterocycles. The molecule has 0 amide bonds. The second-order valence-electron chi connectivity index (χ2n) is 5.35. The molecular formula is C13H21ClN4O. The lowest BCUT2D eigenvalue weighted by Gasteiger charge is -2.39. The van der Waals surface area contributed by atoms with Crippen molar-refractivity contribution in [1.29, 1.82) is 0 Å². The number of methoxy groups -OCH3 is 1. The van der Waals surface area contributed by atoms with Crippen LogP contribution in [0.5, 0.6) is 6.01 Å². The van der Waals surface area contributed by atoms with Crippen LogP contribution in [0.3, 0.4) is 0 Å². The van der Waals surface area contributed by atoms with E-state index in [1.165, 1.54) is 20.0 Å². The minimum atomic E-state index is -0.116. The Hall–Kier alpha value is -1.07. The summed E-state index contributed by atoms with van der Waals surface area (Å²) in [7, 11) is 1.54. The maximum atomic E-state index is 6.14. The lowest BCUT2D eigenvalue weighted by molar-refractivity contribution is 0.271. The maximum Gasteiger partial charge on any atom is 0.318 e. The molecule has 1 aliphatic rings. The van der Waals surface area contributed by atoms with Gasteiger partial charge in [-0.1, -0.05) is 18.5 Å². The van der Waals surface area contributed by atoms with Crippen molar-refractivity contribution < 1.29 is 4.74 Å². The summed E-state index contributed by atoms with van der Waals surface area (Å²) < 4.78 is 5.03. The molecule has 0 atom stereocenters. The highest BCUT2D eigenvalue weighted by molar-refractivity contribution is 6.32. The largest absolute Gasteiger partial charge is 0.467 e. The van der Waals surface area contributed by atoms with Gasteiger partial charge in [-0.05, 0) is 31.6 Å². The first-order valence-electron chi connectivity index (χ1n) is 6.63. The summed E-state index contributed by atoms with van der Waals surface area (Å²) in [6.45, 7) is 2.85. The molecule has 0 aliphatic heterocycles. The highest BCUT2D eigenvalue weighted by Gasteiger charge is 2.33. The van der Waals surface area contributed by atoms with Crippen LogP contribution in [0.1, 0.15) is 32.6 Å². The van der Waals surface area contributed by atoms with Crippen LogP contribution in [-0.2, 0) is 0 Å². The third-order valence-corrected chi connectivity index (χ3v) is 4.19. The van der Waals surface area contributed by atoms with Crippen LogP contribution in [0.2, 0.25) is 5.02 Å². The number of hydrogen-bond donors (Lipinski definition) is 2. The maximum absolute atomic E-state index is 6.14. The van der Waals surface area contributed by atoms with Gasteiger partial charge in [0.25, 0.3) is 0 Å². The molecule has 1 aliphatic carbocycles. The van der Waals surface area contributed by atoms with E-state index in [0.717, 1.165) is 18.8 Å². The van der Waals surface area contributed by atoms with E-state index in [1.807, 2.05) is 0 Å². The van der Waals surface area contributed by atoms with Gasteiger partial charge in [-0.15, -0.1) is 0 Å². The minimum Gasteiger partial charge on any atom is -0.467 e. The third-order valence-electron chi connectivity index (χ3n) is 3.91. The van der Waals surface area contributed by atoms with Gasteiger partial charge in [-0.3, -0.25) is 0 Å². The van der Waals surface area contributed by atoms with E-state index in [2.05, 4.69) is 22.2 Å². The fraction of sp³-hybridized carbons (Fsp3) is 0.692. The molecule has 3 N–H and O–H groups in total. The fourth-order valence-corrected chi connectivity index (χ4v) is 2.62. The van der Waals surface area contributed by atoms with Crippen LogP contribution in [0.4, 0.5) is 5.82 Å². The van der Waals surface area contributed by atoms with Gasteiger partial charge in [0.05, 0.1) is 18.8 Å². The van der Waals surface area contributed by atoms with Crippen molar-refractivity contribution in [3.8, 4) is 6.01 Å². The number of halogens is 1. The topological polar surface area (TPSA) is 73.1 Å². The average molecular weight is 285 g/mol. The monoisotopic (exact) mass is 284 g/mol. The molecule has 5 nitrogen and oxygen atoms in total. The Kier molecular flexibility index (Phi) is 4.47. The molecule has 1 fully saturated rings. The summed E-state index contributed by atoms with van der Waals surface area (Å²) >= 11 is 6.14. The molecule has 0 aromatic carbocycles. The van der Waals surface area contributed by atoms with Crippen molar-refractivity contribution >= 4 is 17.4 Å². The molecule has 1 saturated carbocycles. The molecule has 1 heterocycles. The van der Waals surface area contributed by atoms with Gasteiger partial charge in [-0.2, -0.15) is 4.98 Å². The SMILES string of the molecule is COc1ncc(Cl)c(NC2(CN)CCC(C)CC2)n1. The summed E-state index contributed by atoms with van der Waals surface area (Å²) in [6.07, 6.45) is 5.96. The molecule has 2 rings (SSSR count). The fourth-order valence-electron chi connectivity index (χ4n) is 2.48. The van der Waals surface area contributed by atoms with Gasteiger partial charge in [0, 0.05) is 6.54 Å². The molecule has 0 unspecified atom stereocenters. The molecule has 6 heteroatoms. The molecule has 0 saturated heterocycles. The zero-order chi connectivity index (χ0) is 13.9. The molecule has 0 bridgehead atoms. The Morgan fingerprint density at radius 3 is 2.79 bits per heavy atom. The Labute approximate surface area is 118 Å². The van der Waals surface area contributed by atoms with E-state index in [0.29, 0.717) is 23.4 Å². The quantitative estimate of drug-likeness (QED) is 0.888. The lowest BCUT2D eigenvalue weighted by Crippen LogP contribution is -2.48. The number of ether oxygens (including phenoxy) is 1. The van der Waals surface area contributed by atoms with Gasteiger partial charge < -0.3 is 15.8 Å². The van der Waals surface area contributed by atoms with Gasteiger partial charge in [0.2, 0.25) is 0 Å². The normalized spacial score (nSPS) is 27.1. The van der Waals surface area contributed by atoms with E-state index in [1.54, 1.807) is 6.20 Å². The Morgan fingerprint density at radius 2 is 2.21 bits per heavy atom. The van der Waals surface area contributed by atoms with Crippen LogP contribution in [0, 0.1) is 5.92 Å². The summed E-state index contributed by atoms with van der Waals surface area (Å²) in [4.78, 5) is 8.24. The average Bonchev–Trinajstić information content (AvgIpc) is 2.44. The molecule has 0 radical (unpaired) electrons. The predicted molar refractivity (Wildman–Crippen MR) is 76.6 cm³/mol. The third kappa shape index (κ3) is 3.28. The summed E-state index contributed by atoms with van der Waals surface area (Å²) in [6, 6.07) is 0.309. The molecule has 1 aromatic rings. The number of nitrogens with two attached hydrogens (primary N) is 1. The first kappa shape index (κ1) is 14.3. The number of hydrogen-bond acceptors (Lipinski definition) is 5. The van der Waals surface area contributed by atoms with Gasteiger partial charge in [0.1, 0.15) is 5.02 Å². The second kappa shape index (κ2) is 5.92. The minimum absolute atomic E-state index is 0.116. The van der Waals surface area contributed by atoms with Crippen molar-refractivity contribution in [2.24, 2.45) is 11.7 Å². The van der Waals surface area contributed by atoms with E-state index in [4.69, 9.17) is 22.1 Å². The van der Waals surface area contributed by atoms with Gasteiger partial charge >= 0.3 is 6.01 Å². The first-order valence-corrected chi connectivity index (χ1v) is 7.01. The van der Waals surface area contributed by atoms with Crippen molar-refractivity contribution in [1.82, 2.24) is 9.97 Å². The second-order valence-corrected chi connectivity index (χ2v) is 5.75. The zero-order valence-electron chi connectivity index (χ0n) is 11.4. The van der Waals surface area contributed by atoms with E-state index in [9.17, 15) is 0 Å². The summed E-state index contributed by atoms with van der Waals surface area (Å²) in [5.74, 6) is 1.37. The molecule has 0 spiro atoms. The zero-order valence-corrected chi connectivity index (χ0v) is 12.2. The summed E-state index contributed by atoms with van der Waals surface area (Å²) in [5, 5.41) is 3.91. The number of anilines is 1. The van der Waals surface area contributed by atoms with Crippen molar-refractivity contribution in [2.75, 3.05) is 19.0 Å². The Balaban J connectivity index is 2.18. The smallest absolute Gasteiger partial charge is 0.318 e. The summed E-state index contributed by atoms with van der Waals surface area (Å²) in [5.41, 5.74) is 5.86. The Morgan fingerprint density at radius 1 is 1.53 bits per heavy atom. The molecule has 106 valence electrons. The highest BCUT2D eigenvalue weighted by atomic mass is 35.5. The van der Waals surface area contributed by atoms with E-state index < -0.39 is 0 Å².